The molecular weight excluding hydrogens is 424 g/mol. The number of carbonyl (C=O) groups excluding carboxylic acids is 1. The second-order valence-corrected chi connectivity index (χ2v) is 8.41. The Kier molecular flexibility index (Phi) is 6.93. The molecule has 2 aromatic rings. The van der Waals surface area contributed by atoms with Crippen LogP contribution in [0.15, 0.2) is 53.4 Å². The summed E-state index contributed by atoms with van der Waals surface area (Å²) in [5.41, 5.74) is 1.18. The topological polar surface area (TPSA) is 131 Å². The van der Waals surface area contributed by atoms with Crippen LogP contribution in [0.1, 0.15) is 18.4 Å². The summed E-state index contributed by atoms with van der Waals surface area (Å²) in [6.07, 6.45) is 3.25. The highest BCUT2D eigenvalue weighted by molar-refractivity contribution is 7.92. The molecule has 0 aliphatic carbocycles. The summed E-state index contributed by atoms with van der Waals surface area (Å²) >= 11 is 0. The lowest BCUT2D eigenvalue weighted by Crippen LogP contribution is -2.26. The first-order chi connectivity index (χ1) is 14.8. The zero-order valence-electron chi connectivity index (χ0n) is 16.7. The first kappa shape index (κ1) is 22.3. The highest BCUT2D eigenvalue weighted by Crippen LogP contribution is 2.28. The SMILES string of the molecule is COc1ccc(C=CC(=O)O)cc1S(=O)(=O)Nc1ccc(NC(=O)C2CCCO2)cc1. The van der Waals surface area contributed by atoms with Crippen LogP contribution in [0.2, 0.25) is 0 Å². The minimum absolute atomic E-state index is 0.112. The summed E-state index contributed by atoms with van der Waals surface area (Å²) in [7, 11) is -2.69. The molecule has 1 heterocycles. The maximum Gasteiger partial charge on any atom is 0.328 e. The molecule has 1 atom stereocenters. The average Bonchev–Trinajstić information content (AvgIpc) is 3.28. The predicted molar refractivity (Wildman–Crippen MR) is 115 cm³/mol. The van der Waals surface area contributed by atoms with Crippen molar-refractivity contribution >= 4 is 39.4 Å². The number of rotatable bonds is 8. The van der Waals surface area contributed by atoms with Crippen molar-refractivity contribution in [1.82, 2.24) is 0 Å². The molecule has 1 saturated heterocycles. The number of carboxylic acids is 1. The second kappa shape index (κ2) is 9.63. The van der Waals surface area contributed by atoms with Gasteiger partial charge >= 0.3 is 5.97 Å². The zero-order chi connectivity index (χ0) is 22.4. The van der Waals surface area contributed by atoms with Gasteiger partial charge in [0.05, 0.1) is 7.11 Å². The van der Waals surface area contributed by atoms with Crippen LogP contribution in [0.5, 0.6) is 5.75 Å². The monoisotopic (exact) mass is 446 g/mol. The Morgan fingerprint density at radius 3 is 2.48 bits per heavy atom. The normalized spacial score (nSPS) is 16.2. The number of nitrogens with one attached hydrogen (secondary N) is 2. The lowest BCUT2D eigenvalue weighted by molar-refractivity contribution is -0.131. The third kappa shape index (κ3) is 5.83. The third-order valence-corrected chi connectivity index (χ3v) is 5.92. The van der Waals surface area contributed by atoms with Crippen LogP contribution in [0.25, 0.3) is 6.08 Å². The van der Waals surface area contributed by atoms with E-state index < -0.39 is 22.1 Å². The van der Waals surface area contributed by atoms with Crippen LogP contribution in [0, 0.1) is 0 Å². The smallest absolute Gasteiger partial charge is 0.328 e. The van der Waals surface area contributed by atoms with Crippen LogP contribution in [-0.2, 0) is 24.3 Å². The van der Waals surface area contributed by atoms with Gasteiger partial charge in [-0.3, -0.25) is 9.52 Å². The average molecular weight is 446 g/mol. The van der Waals surface area contributed by atoms with Crippen LogP contribution in [-0.4, -0.2) is 45.2 Å². The van der Waals surface area contributed by atoms with E-state index in [2.05, 4.69) is 10.0 Å². The highest BCUT2D eigenvalue weighted by Gasteiger charge is 2.24. The molecule has 2 aromatic carbocycles. The number of carboxylic acid groups (broad SMARTS) is 1. The molecule has 31 heavy (non-hydrogen) atoms. The number of aliphatic carboxylic acids is 1. The number of anilines is 2. The molecule has 3 N–H and O–H groups in total. The highest BCUT2D eigenvalue weighted by atomic mass is 32.2. The lowest BCUT2D eigenvalue weighted by Gasteiger charge is -2.13. The van der Waals surface area contributed by atoms with E-state index in [1.807, 2.05) is 0 Å². The predicted octanol–water partition coefficient (Wildman–Crippen LogP) is 2.71. The number of methoxy groups -OCH3 is 1. The summed E-state index contributed by atoms with van der Waals surface area (Å²) < 4.78 is 38.7. The van der Waals surface area contributed by atoms with Gasteiger partial charge in [0.25, 0.3) is 15.9 Å². The molecule has 1 amide bonds. The summed E-state index contributed by atoms with van der Waals surface area (Å²) in [4.78, 5) is 22.7. The van der Waals surface area contributed by atoms with E-state index in [-0.39, 0.29) is 22.2 Å². The van der Waals surface area contributed by atoms with Gasteiger partial charge in [0.1, 0.15) is 16.7 Å². The number of sulfonamides is 1. The zero-order valence-corrected chi connectivity index (χ0v) is 17.5. The van der Waals surface area contributed by atoms with Crippen molar-refractivity contribution in [2.24, 2.45) is 0 Å². The summed E-state index contributed by atoms with van der Waals surface area (Å²) in [6, 6.07) is 10.5. The van der Waals surface area contributed by atoms with Gasteiger partial charge in [0.2, 0.25) is 0 Å². The van der Waals surface area contributed by atoms with Gasteiger partial charge in [0, 0.05) is 24.1 Å². The van der Waals surface area contributed by atoms with Gasteiger partial charge in [-0.15, -0.1) is 0 Å². The van der Waals surface area contributed by atoms with Crippen molar-refractivity contribution in [3.05, 3.63) is 54.1 Å². The number of amides is 1. The van der Waals surface area contributed by atoms with Crippen LogP contribution in [0.4, 0.5) is 11.4 Å². The van der Waals surface area contributed by atoms with E-state index in [9.17, 15) is 18.0 Å². The maximum atomic E-state index is 12.9. The molecule has 10 heteroatoms. The maximum absolute atomic E-state index is 12.9. The summed E-state index contributed by atoms with van der Waals surface area (Å²) in [5.74, 6) is -1.27. The van der Waals surface area contributed by atoms with E-state index in [0.717, 1.165) is 12.5 Å². The van der Waals surface area contributed by atoms with Crippen molar-refractivity contribution in [2.45, 2.75) is 23.8 Å². The minimum Gasteiger partial charge on any atom is -0.495 e. The van der Waals surface area contributed by atoms with Gasteiger partial charge in [0.15, 0.2) is 0 Å². The van der Waals surface area contributed by atoms with Crippen molar-refractivity contribution in [2.75, 3.05) is 23.8 Å². The van der Waals surface area contributed by atoms with E-state index in [1.165, 1.54) is 37.5 Å². The molecule has 0 saturated carbocycles. The van der Waals surface area contributed by atoms with Crippen molar-refractivity contribution in [1.29, 1.82) is 0 Å². The van der Waals surface area contributed by atoms with Gasteiger partial charge in [-0.1, -0.05) is 6.07 Å². The Morgan fingerprint density at radius 2 is 1.87 bits per heavy atom. The molecule has 0 radical (unpaired) electrons. The first-order valence-corrected chi connectivity index (χ1v) is 10.9. The van der Waals surface area contributed by atoms with Crippen LogP contribution < -0.4 is 14.8 Å². The Morgan fingerprint density at radius 1 is 1.16 bits per heavy atom. The van der Waals surface area contributed by atoms with Gasteiger partial charge in [-0.05, 0) is 60.9 Å². The molecule has 1 fully saturated rings. The van der Waals surface area contributed by atoms with Gasteiger partial charge < -0.3 is 19.9 Å². The fourth-order valence-electron chi connectivity index (χ4n) is 3.01. The Labute approximate surface area is 179 Å². The fraction of sp³-hybridized carbons (Fsp3) is 0.238. The molecule has 0 bridgehead atoms. The lowest BCUT2D eigenvalue weighted by atomic mass is 10.2. The molecule has 164 valence electrons. The van der Waals surface area contributed by atoms with Crippen molar-refractivity contribution < 1.29 is 32.6 Å². The number of hydrogen-bond donors (Lipinski definition) is 3. The fourth-order valence-corrected chi connectivity index (χ4v) is 4.28. The number of hydrogen-bond acceptors (Lipinski definition) is 6. The number of carbonyl (C=O) groups is 2. The first-order valence-electron chi connectivity index (χ1n) is 9.43. The Bertz CT molecular complexity index is 1090. The molecule has 3 rings (SSSR count). The van der Waals surface area contributed by atoms with E-state index in [0.29, 0.717) is 24.3 Å². The minimum atomic E-state index is -4.03. The van der Waals surface area contributed by atoms with Gasteiger partial charge in [-0.2, -0.15) is 0 Å². The van der Waals surface area contributed by atoms with Crippen molar-refractivity contribution in [3.8, 4) is 5.75 Å². The summed E-state index contributed by atoms with van der Waals surface area (Å²) in [6.45, 7) is 0.565. The largest absolute Gasteiger partial charge is 0.495 e. The van der Waals surface area contributed by atoms with Gasteiger partial charge in [-0.25, -0.2) is 13.2 Å². The van der Waals surface area contributed by atoms with E-state index in [1.54, 1.807) is 18.2 Å². The number of benzene rings is 2. The second-order valence-electron chi connectivity index (χ2n) is 6.76. The standard InChI is InChI=1S/C21H22N2O7S/c1-29-17-10-4-14(5-11-20(24)25)13-19(17)31(27,28)23-16-8-6-15(7-9-16)22-21(26)18-3-2-12-30-18/h4-11,13,18,23H,2-3,12H2,1H3,(H,22,26)(H,24,25). The summed E-state index contributed by atoms with van der Waals surface area (Å²) in [5, 5.41) is 11.5. The van der Waals surface area contributed by atoms with Crippen LogP contribution >= 0.6 is 0 Å². The molecule has 1 aliphatic rings. The number of ether oxygens (including phenoxy) is 2. The Balaban J connectivity index is 1.76. The molecule has 1 aliphatic heterocycles. The molecule has 1 unspecified atom stereocenters. The quantitative estimate of drug-likeness (QED) is 0.531. The van der Waals surface area contributed by atoms with E-state index in [4.69, 9.17) is 14.6 Å². The molecule has 0 aromatic heterocycles. The van der Waals surface area contributed by atoms with Crippen LogP contribution in [0.3, 0.4) is 0 Å². The molecular formula is C21H22N2O7S. The third-order valence-electron chi connectivity index (χ3n) is 4.52. The molecule has 9 nitrogen and oxygen atoms in total. The van der Waals surface area contributed by atoms with Crippen molar-refractivity contribution in [3.63, 3.8) is 0 Å². The van der Waals surface area contributed by atoms with E-state index >= 15 is 0 Å². The molecule has 0 spiro atoms. The Hall–Kier alpha value is -3.37.